The lowest BCUT2D eigenvalue weighted by molar-refractivity contribution is -0.118. The molecule has 1 aromatic carbocycles. The topological polar surface area (TPSA) is 190 Å². The lowest BCUT2D eigenvalue weighted by atomic mass is 10.1. The zero-order valence-electron chi connectivity index (χ0n) is 15.8. The molecule has 1 saturated heterocycles. The van der Waals surface area contributed by atoms with Crippen LogP contribution in [0.4, 0.5) is 5.82 Å². The minimum absolute atomic E-state index is 0.0719. The highest BCUT2D eigenvalue weighted by atomic mass is 31.2. The largest absolute Gasteiger partial charge is 0.484 e. The van der Waals surface area contributed by atoms with E-state index in [0.29, 0.717) is 5.75 Å². The van der Waals surface area contributed by atoms with Gasteiger partial charge in [-0.3, -0.25) is 13.9 Å². The molecule has 0 spiro atoms. The number of carbonyl (C=O) groups is 1. The molecule has 1 aromatic heterocycles. The first-order valence-electron chi connectivity index (χ1n) is 8.92. The number of aliphatic hydroxyl groups excluding tert-OH is 2. The molecule has 0 unspecified atom stereocenters. The van der Waals surface area contributed by atoms with Gasteiger partial charge in [-0.2, -0.15) is 4.98 Å². The molecule has 13 nitrogen and oxygen atoms in total. The van der Waals surface area contributed by atoms with Gasteiger partial charge in [0.05, 0.1) is 6.61 Å². The number of ether oxygens (including phenoxy) is 2. The molecule has 1 amide bonds. The average molecular weight is 457 g/mol. The van der Waals surface area contributed by atoms with Crippen molar-refractivity contribution >= 4 is 19.5 Å². The maximum Gasteiger partial charge on any atom is 0.469 e. The third-order valence-electron chi connectivity index (χ3n) is 4.23. The number of hydrogen-bond donors (Lipinski definition) is 5. The van der Waals surface area contributed by atoms with Crippen LogP contribution in [-0.4, -0.2) is 67.0 Å². The number of benzene rings is 1. The third-order valence-corrected chi connectivity index (χ3v) is 4.71. The van der Waals surface area contributed by atoms with Crippen LogP contribution in [0.3, 0.4) is 0 Å². The first-order chi connectivity index (χ1) is 14.6. The number of anilines is 1. The molecule has 3 rings (SSSR count). The highest BCUT2D eigenvalue weighted by Crippen LogP contribution is 2.38. The summed E-state index contributed by atoms with van der Waals surface area (Å²) in [5.41, 5.74) is -0.908. The third kappa shape index (κ3) is 6.18. The van der Waals surface area contributed by atoms with Crippen LogP contribution in [0, 0.1) is 0 Å². The van der Waals surface area contributed by atoms with E-state index in [9.17, 15) is 24.4 Å². The number of nitrogens with zero attached hydrogens (tertiary/aromatic N) is 2. The summed E-state index contributed by atoms with van der Waals surface area (Å²) in [6.07, 6.45) is -4.67. The molecule has 4 atom stereocenters. The summed E-state index contributed by atoms with van der Waals surface area (Å²) in [4.78, 5) is 45.4. The number of nitrogens with one attached hydrogen (secondary N) is 1. The molecule has 2 aromatic rings. The molecule has 1 fully saturated rings. The Morgan fingerprint density at radius 1 is 1.19 bits per heavy atom. The number of rotatable bonds is 8. The minimum Gasteiger partial charge on any atom is -0.484 e. The fraction of sp³-hybridized carbons (Fsp3) is 0.353. The van der Waals surface area contributed by atoms with Crippen molar-refractivity contribution in [1.29, 1.82) is 0 Å². The van der Waals surface area contributed by atoms with Crippen molar-refractivity contribution in [3.8, 4) is 5.75 Å². The van der Waals surface area contributed by atoms with Crippen molar-refractivity contribution in [1.82, 2.24) is 9.55 Å². The second-order valence-corrected chi connectivity index (χ2v) is 7.72. The van der Waals surface area contributed by atoms with Gasteiger partial charge in [-0.1, -0.05) is 18.2 Å². The van der Waals surface area contributed by atoms with E-state index < -0.39 is 50.6 Å². The Bertz CT molecular complexity index is 1010. The van der Waals surface area contributed by atoms with E-state index in [1.807, 2.05) is 0 Å². The maximum absolute atomic E-state index is 12.3. The van der Waals surface area contributed by atoms with E-state index in [1.54, 1.807) is 30.3 Å². The van der Waals surface area contributed by atoms with Crippen LogP contribution in [0.5, 0.6) is 5.75 Å². The molecular formula is C17H20N3O10P. The van der Waals surface area contributed by atoms with Crippen molar-refractivity contribution in [2.45, 2.75) is 24.5 Å². The van der Waals surface area contributed by atoms with Gasteiger partial charge in [-0.25, -0.2) is 9.36 Å². The fourth-order valence-corrected chi connectivity index (χ4v) is 3.13. The first-order valence-corrected chi connectivity index (χ1v) is 10.5. The monoisotopic (exact) mass is 457 g/mol. The van der Waals surface area contributed by atoms with Gasteiger partial charge < -0.3 is 34.8 Å². The Morgan fingerprint density at radius 3 is 2.55 bits per heavy atom. The van der Waals surface area contributed by atoms with Gasteiger partial charge in [0.1, 0.15) is 29.9 Å². The molecule has 0 saturated carbocycles. The zero-order chi connectivity index (χ0) is 22.6. The van der Waals surface area contributed by atoms with E-state index in [0.717, 1.165) is 4.57 Å². The average Bonchev–Trinajstić information content (AvgIpc) is 2.99. The molecule has 0 bridgehead atoms. The lowest BCUT2D eigenvalue weighted by Gasteiger charge is -2.17. The predicted molar refractivity (Wildman–Crippen MR) is 103 cm³/mol. The van der Waals surface area contributed by atoms with Crippen LogP contribution in [0.1, 0.15) is 6.23 Å². The van der Waals surface area contributed by atoms with Crippen molar-refractivity contribution in [3.63, 3.8) is 0 Å². The maximum atomic E-state index is 12.3. The van der Waals surface area contributed by atoms with Crippen molar-refractivity contribution < 1.29 is 43.4 Å². The van der Waals surface area contributed by atoms with Crippen molar-refractivity contribution in [3.05, 3.63) is 53.1 Å². The fourth-order valence-electron chi connectivity index (χ4n) is 2.79. The van der Waals surface area contributed by atoms with Gasteiger partial charge in [0.25, 0.3) is 5.91 Å². The Balaban J connectivity index is 1.61. The van der Waals surface area contributed by atoms with Gasteiger partial charge in [0, 0.05) is 6.20 Å². The predicted octanol–water partition coefficient (Wildman–Crippen LogP) is -1.01. The summed E-state index contributed by atoms with van der Waals surface area (Å²) in [6.45, 7) is -1.02. The molecule has 2 heterocycles. The Hall–Kier alpha value is -2.64. The molecule has 5 N–H and O–H groups in total. The number of phosphoric acid groups is 1. The molecule has 0 aliphatic carbocycles. The van der Waals surface area contributed by atoms with Crippen molar-refractivity contribution in [2.75, 3.05) is 18.5 Å². The summed E-state index contributed by atoms with van der Waals surface area (Å²) in [5.74, 6) is -0.141. The normalized spacial score (nSPS) is 23.5. The molecule has 1 aliphatic heterocycles. The van der Waals surface area contributed by atoms with Crippen LogP contribution in [0.15, 0.2) is 47.4 Å². The van der Waals surface area contributed by atoms with E-state index in [-0.39, 0.29) is 12.4 Å². The van der Waals surface area contributed by atoms with Gasteiger partial charge in [-0.05, 0) is 18.2 Å². The van der Waals surface area contributed by atoms with Crippen LogP contribution >= 0.6 is 7.82 Å². The highest BCUT2D eigenvalue weighted by Gasteiger charge is 2.45. The smallest absolute Gasteiger partial charge is 0.469 e. The quantitative estimate of drug-likeness (QED) is 0.305. The molecule has 0 radical (unpaired) electrons. The minimum atomic E-state index is -4.82. The first kappa shape index (κ1) is 23.0. The number of aromatic nitrogens is 2. The van der Waals surface area contributed by atoms with E-state index in [4.69, 9.17) is 19.3 Å². The van der Waals surface area contributed by atoms with Crippen LogP contribution in [0.25, 0.3) is 0 Å². The Labute approximate surface area is 175 Å². The van der Waals surface area contributed by atoms with Crippen LogP contribution < -0.4 is 15.7 Å². The summed E-state index contributed by atoms with van der Waals surface area (Å²) >= 11 is 0. The lowest BCUT2D eigenvalue weighted by Crippen LogP contribution is -2.36. The number of hydrogen-bond acceptors (Lipinski definition) is 9. The summed E-state index contributed by atoms with van der Waals surface area (Å²) in [7, 11) is -4.82. The molecule has 31 heavy (non-hydrogen) atoms. The zero-order valence-corrected chi connectivity index (χ0v) is 16.7. The second kappa shape index (κ2) is 9.66. The van der Waals surface area contributed by atoms with Gasteiger partial charge >= 0.3 is 13.5 Å². The number of phosphoric ester groups is 1. The van der Waals surface area contributed by atoms with Crippen LogP contribution in [0.2, 0.25) is 0 Å². The summed E-state index contributed by atoms with van der Waals surface area (Å²) in [6, 6.07) is 9.90. The number of carbonyl (C=O) groups excluding carboxylic acids is 1. The number of para-hydroxylation sites is 1. The van der Waals surface area contributed by atoms with Gasteiger partial charge in [0.15, 0.2) is 12.8 Å². The highest BCUT2D eigenvalue weighted by molar-refractivity contribution is 7.46. The summed E-state index contributed by atoms with van der Waals surface area (Å²) in [5, 5.41) is 22.5. The number of aliphatic hydroxyl groups is 2. The molecule has 1 aliphatic rings. The van der Waals surface area contributed by atoms with Gasteiger partial charge in [-0.15, -0.1) is 0 Å². The van der Waals surface area contributed by atoms with E-state index >= 15 is 0 Å². The summed E-state index contributed by atoms with van der Waals surface area (Å²) < 4.78 is 26.5. The second-order valence-electron chi connectivity index (χ2n) is 6.49. The van der Waals surface area contributed by atoms with E-state index in [1.165, 1.54) is 12.3 Å². The SMILES string of the molecule is O=C(COc1ccccc1)Nc1ccn([C@@H]2O[C@H](COP(=O)(O)O)[C@@H](O)[C@H]2O)c(=O)n1. The molecular weight excluding hydrogens is 437 g/mol. The van der Waals surface area contributed by atoms with Crippen LogP contribution in [-0.2, 0) is 18.6 Å². The number of amides is 1. The Morgan fingerprint density at radius 2 is 1.90 bits per heavy atom. The van der Waals surface area contributed by atoms with Gasteiger partial charge in [0.2, 0.25) is 0 Å². The molecule has 14 heteroatoms. The van der Waals surface area contributed by atoms with E-state index in [2.05, 4.69) is 14.8 Å². The standard InChI is InChI=1S/C17H20N3O10P/c21-13(9-28-10-4-2-1-3-5-10)18-12-6-7-20(17(24)19-12)16-15(23)14(22)11(30-16)8-29-31(25,26)27/h1-7,11,14-16,22-23H,8-9H2,(H2,25,26,27)(H,18,19,21,24)/t11-,14-,15-,16-/m1/s1. The van der Waals surface area contributed by atoms with Crippen molar-refractivity contribution in [2.24, 2.45) is 0 Å². The Kier molecular flexibility index (Phi) is 7.18. The molecule has 168 valence electrons.